The second kappa shape index (κ2) is 6.99. The third-order valence-corrected chi connectivity index (χ3v) is 5.16. The Morgan fingerprint density at radius 3 is 2.73 bits per heavy atom. The van der Waals surface area contributed by atoms with Gasteiger partial charge in [-0.1, -0.05) is 12.1 Å². The number of carbonyl (C=O) groups excluding carboxylic acids is 1. The number of aromatic nitrogens is 2. The fourth-order valence-electron chi connectivity index (χ4n) is 3.82. The monoisotopic (exact) mass is 356 g/mol. The molecule has 0 spiro atoms. The van der Waals surface area contributed by atoms with E-state index >= 15 is 0 Å². The number of hydrogen-bond acceptors (Lipinski definition) is 5. The Hall–Kier alpha value is -2.54. The van der Waals surface area contributed by atoms with E-state index < -0.39 is 0 Å². The molecule has 2 aromatic rings. The number of hydrogen-bond donors (Lipinski definition) is 0. The maximum absolute atomic E-state index is 12.2. The van der Waals surface area contributed by atoms with Crippen LogP contribution in [0.5, 0.6) is 5.75 Å². The van der Waals surface area contributed by atoms with E-state index in [4.69, 9.17) is 9.47 Å². The van der Waals surface area contributed by atoms with Crippen molar-refractivity contribution in [1.29, 1.82) is 0 Å². The second-order valence-corrected chi connectivity index (χ2v) is 7.00. The lowest BCUT2D eigenvalue weighted by Crippen LogP contribution is -2.39. The van der Waals surface area contributed by atoms with E-state index in [9.17, 15) is 4.79 Å². The highest BCUT2D eigenvalue weighted by atomic mass is 16.6. The van der Waals surface area contributed by atoms with E-state index in [0.29, 0.717) is 6.54 Å². The molecule has 0 radical (unpaired) electrons. The summed E-state index contributed by atoms with van der Waals surface area (Å²) in [4.78, 5) is 16.4. The minimum Gasteiger partial charge on any atom is -0.497 e. The Morgan fingerprint density at radius 2 is 2.04 bits per heavy atom. The van der Waals surface area contributed by atoms with Crippen LogP contribution in [0.2, 0.25) is 0 Å². The molecule has 4 rings (SSSR count). The van der Waals surface area contributed by atoms with Crippen LogP contribution < -0.4 is 4.74 Å². The van der Waals surface area contributed by atoms with Crippen LogP contribution in [0.4, 0.5) is 4.79 Å². The van der Waals surface area contributed by atoms with Crippen LogP contribution in [-0.4, -0.2) is 64.6 Å². The van der Waals surface area contributed by atoms with Gasteiger partial charge in [-0.2, -0.15) is 5.10 Å². The van der Waals surface area contributed by atoms with Crippen molar-refractivity contribution < 1.29 is 14.3 Å². The average molecular weight is 356 g/mol. The van der Waals surface area contributed by atoms with Gasteiger partial charge in [-0.15, -0.1) is 0 Å². The lowest BCUT2D eigenvalue weighted by atomic mass is 10.1. The smallest absolute Gasteiger partial charge is 0.410 e. The van der Waals surface area contributed by atoms with Crippen LogP contribution in [0.1, 0.15) is 11.1 Å². The van der Waals surface area contributed by atoms with Crippen LogP contribution in [0.25, 0.3) is 0 Å². The molecule has 7 nitrogen and oxygen atoms in total. The van der Waals surface area contributed by atoms with E-state index in [-0.39, 0.29) is 18.2 Å². The summed E-state index contributed by atoms with van der Waals surface area (Å²) >= 11 is 0. The minimum absolute atomic E-state index is 0.0324. The lowest BCUT2D eigenvalue weighted by molar-refractivity contribution is 0.120. The van der Waals surface area contributed by atoms with Crippen LogP contribution >= 0.6 is 0 Å². The van der Waals surface area contributed by atoms with Gasteiger partial charge in [0.2, 0.25) is 0 Å². The number of fused-ring (bicyclic) bond motifs is 1. The Morgan fingerprint density at radius 1 is 1.23 bits per heavy atom. The maximum Gasteiger partial charge on any atom is 0.410 e. The molecule has 1 aromatic carbocycles. The SMILES string of the molecule is COc1ccc(CCN2C(=O)O[C@H]3CN(Cc4cnn(C)c4)C[C@H]32)cc1. The normalized spacial score (nSPS) is 22.5. The molecule has 138 valence electrons. The van der Waals surface area contributed by atoms with Crippen molar-refractivity contribution >= 4 is 6.09 Å². The summed E-state index contributed by atoms with van der Waals surface area (Å²) in [6.07, 6.45) is 4.51. The predicted molar refractivity (Wildman–Crippen MR) is 95.9 cm³/mol. The van der Waals surface area contributed by atoms with E-state index in [1.807, 2.05) is 53.3 Å². The van der Waals surface area contributed by atoms with Gasteiger partial charge in [-0.3, -0.25) is 14.5 Å². The highest BCUT2D eigenvalue weighted by molar-refractivity contribution is 5.71. The molecule has 26 heavy (non-hydrogen) atoms. The summed E-state index contributed by atoms with van der Waals surface area (Å²) < 4.78 is 12.6. The van der Waals surface area contributed by atoms with Gasteiger partial charge < -0.3 is 9.47 Å². The maximum atomic E-state index is 12.2. The summed E-state index contributed by atoms with van der Waals surface area (Å²) in [6, 6.07) is 8.12. The molecule has 0 aliphatic carbocycles. The van der Waals surface area contributed by atoms with Gasteiger partial charge in [-0.25, -0.2) is 4.79 Å². The molecule has 2 atom stereocenters. The standard InChI is InChI=1S/C19H24N4O3/c1-21-10-15(9-20-21)11-22-12-17-18(13-22)26-19(24)23(17)8-7-14-3-5-16(25-2)6-4-14/h3-6,9-10,17-18H,7-8,11-13H2,1-2H3/t17-,18+/m1/s1. The Balaban J connectivity index is 1.35. The number of aryl methyl sites for hydroxylation is 1. The number of amides is 1. The summed E-state index contributed by atoms with van der Waals surface area (Å²) in [5, 5.41) is 4.22. The summed E-state index contributed by atoms with van der Waals surface area (Å²) in [5.74, 6) is 0.844. The summed E-state index contributed by atoms with van der Waals surface area (Å²) in [6.45, 7) is 3.13. The topological polar surface area (TPSA) is 59.8 Å². The highest BCUT2D eigenvalue weighted by Gasteiger charge is 2.47. The molecule has 0 unspecified atom stereocenters. The molecule has 2 fully saturated rings. The van der Waals surface area contributed by atoms with Gasteiger partial charge in [0, 0.05) is 45.0 Å². The first kappa shape index (κ1) is 16.9. The Bertz CT molecular complexity index is 773. The molecule has 3 heterocycles. The van der Waals surface area contributed by atoms with Crippen LogP contribution in [0.15, 0.2) is 36.7 Å². The van der Waals surface area contributed by atoms with Gasteiger partial charge >= 0.3 is 6.09 Å². The van der Waals surface area contributed by atoms with Crippen LogP contribution in [0, 0.1) is 0 Å². The summed E-state index contributed by atoms with van der Waals surface area (Å²) in [5.41, 5.74) is 2.37. The number of rotatable bonds is 6. The molecule has 2 aliphatic rings. The minimum atomic E-state index is -0.186. The van der Waals surface area contributed by atoms with E-state index in [0.717, 1.165) is 31.8 Å². The zero-order chi connectivity index (χ0) is 18.1. The lowest BCUT2D eigenvalue weighted by Gasteiger charge is -2.22. The number of nitrogens with zero attached hydrogens (tertiary/aromatic N) is 4. The van der Waals surface area contributed by atoms with Gasteiger partial charge in [0.05, 0.1) is 19.3 Å². The van der Waals surface area contributed by atoms with Crippen molar-refractivity contribution in [3.05, 3.63) is 47.8 Å². The predicted octanol–water partition coefficient (Wildman–Crippen LogP) is 1.68. The highest BCUT2D eigenvalue weighted by Crippen LogP contribution is 2.28. The number of benzene rings is 1. The average Bonchev–Trinajstić information content (AvgIpc) is 3.29. The molecule has 1 aromatic heterocycles. The Labute approximate surface area is 153 Å². The van der Waals surface area contributed by atoms with Gasteiger partial charge in [0.25, 0.3) is 0 Å². The third kappa shape index (κ3) is 3.39. The molecule has 7 heteroatoms. The van der Waals surface area contributed by atoms with Gasteiger partial charge in [-0.05, 0) is 24.1 Å². The first-order chi connectivity index (χ1) is 12.6. The van der Waals surface area contributed by atoms with Crippen molar-refractivity contribution in [1.82, 2.24) is 19.6 Å². The molecular formula is C19H24N4O3. The number of ether oxygens (including phenoxy) is 2. The van der Waals surface area contributed by atoms with Gasteiger partial charge in [0.15, 0.2) is 0 Å². The second-order valence-electron chi connectivity index (χ2n) is 7.00. The molecule has 0 saturated carbocycles. The van der Waals surface area contributed by atoms with Crippen molar-refractivity contribution in [2.75, 3.05) is 26.7 Å². The zero-order valence-corrected chi connectivity index (χ0v) is 15.2. The van der Waals surface area contributed by atoms with E-state index in [2.05, 4.69) is 10.00 Å². The quantitative estimate of drug-likeness (QED) is 0.788. The molecule has 0 bridgehead atoms. The third-order valence-electron chi connectivity index (χ3n) is 5.16. The van der Waals surface area contributed by atoms with Crippen LogP contribution in [-0.2, 0) is 24.8 Å². The molecule has 2 saturated heterocycles. The van der Waals surface area contributed by atoms with Crippen LogP contribution in [0.3, 0.4) is 0 Å². The van der Waals surface area contributed by atoms with Crippen molar-refractivity contribution in [3.8, 4) is 5.75 Å². The Kier molecular flexibility index (Phi) is 4.55. The summed E-state index contributed by atoms with van der Waals surface area (Å²) in [7, 11) is 3.58. The van der Waals surface area contributed by atoms with Gasteiger partial charge in [0.1, 0.15) is 11.9 Å². The number of methoxy groups -OCH3 is 1. The van der Waals surface area contributed by atoms with Crippen molar-refractivity contribution in [2.45, 2.75) is 25.1 Å². The molecule has 0 N–H and O–H groups in total. The van der Waals surface area contributed by atoms with Crippen molar-refractivity contribution in [2.24, 2.45) is 7.05 Å². The molecular weight excluding hydrogens is 332 g/mol. The first-order valence-electron chi connectivity index (χ1n) is 8.92. The first-order valence-corrected chi connectivity index (χ1v) is 8.92. The molecule has 1 amide bonds. The zero-order valence-electron chi connectivity index (χ0n) is 15.2. The van der Waals surface area contributed by atoms with E-state index in [1.54, 1.807) is 7.11 Å². The fourth-order valence-corrected chi connectivity index (χ4v) is 3.82. The largest absolute Gasteiger partial charge is 0.497 e. The van der Waals surface area contributed by atoms with Crippen molar-refractivity contribution in [3.63, 3.8) is 0 Å². The number of likely N-dealkylation sites (tertiary alicyclic amines) is 1. The number of carbonyl (C=O) groups is 1. The fraction of sp³-hybridized carbons (Fsp3) is 0.474. The van der Waals surface area contributed by atoms with E-state index in [1.165, 1.54) is 11.1 Å². The molecule has 2 aliphatic heterocycles.